The van der Waals surface area contributed by atoms with E-state index in [-0.39, 0.29) is 0 Å². The SMILES string of the molecule is CCC(CC)c1ccc(CCCCN)cc1Br. The first-order valence-corrected chi connectivity index (χ1v) is 7.50. The maximum absolute atomic E-state index is 5.51. The van der Waals surface area contributed by atoms with Crippen LogP contribution in [0.15, 0.2) is 22.7 Å². The molecule has 0 spiro atoms. The van der Waals surface area contributed by atoms with Gasteiger partial charge in [0.05, 0.1) is 0 Å². The summed E-state index contributed by atoms with van der Waals surface area (Å²) in [6, 6.07) is 6.85. The van der Waals surface area contributed by atoms with E-state index in [0.717, 1.165) is 19.4 Å². The third-order valence-corrected chi connectivity index (χ3v) is 4.10. The second kappa shape index (κ2) is 7.88. The molecule has 0 heterocycles. The van der Waals surface area contributed by atoms with Crippen molar-refractivity contribution in [2.45, 2.75) is 51.9 Å². The summed E-state index contributed by atoms with van der Waals surface area (Å²) >= 11 is 3.71. The molecule has 1 aromatic carbocycles. The van der Waals surface area contributed by atoms with Crippen molar-refractivity contribution in [1.29, 1.82) is 0 Å². The predicted octanol–water partition coefficient (Wildman–Crippen LogP) is 4.63. The number of unbranched alkanes of at least 4 members (excludes halogenated alkanes) is 1. The molecule has 0 aliphatic carbocycles. The lowest BCUT2D eigenvalue weighted by Crippen LogP contribution is -2.00. The van der Waals surface area contributed by atoms with E-state index in [1.165, 1.54) is 34.9 Å². The smallest absolute Gasteiger partial charge is 0.0212 e. The first kappa shape index (κ1) is 14.7. The van der Waals surface area contributed by atoms with Gasteiger partial charge < -0.3 is 5.73 Å². The number of aryl methyl sites for hydroxylation is 1. The maximum atomic E-state index is 5.51. The summed E-state index contributed by atoms with van der Waals surface area (Å²) in [7, 11) is 0. The van der Waals surface area contributed by atoms with E-state index in [1.807, 2.05) is 0 Å². The van der Waals surface area contributed by atoms with Crippen molar-refractivity contribution >= 4 is 15.9 Å². The Morgan fingerprint density at radius 1 is 1.18 bits per heavy atom. The zero-order valence-corrected chi connectivity index (χ0v) is 12.6. The molecule has 1 nitrogen and oxygen atoms in total. The lowest BCUT2D eigenvalue weighted by Gasteiger charge is -2.15. The van der Waals surface area contributed by atoms with Crippen LogP contribution in [0.1, 0.15) is 56.6 Å². The monoisotopic (exact) mass is 297 g/mol. The highest BCUT2D eigenvalue weighted by Crippen LogP contribution is 2.30. The Morgan fingerprint density at radius 3 is 2.41 bits per heavy atom. The number of benzene rings is 1. The lowest BCUT2D eigenvalue weighted by atomic mass is 9.93. The van der Waals surface area contributed by atoms with Gasteiger partial charge in [-0.15, -0.1) is 0 Å². The summed E-state index contributed by atoms with van der Waals surface area (Å²) in [6.07, 6.45) is 5.86. The van der Waals surface area contributed by atoms with Gasteiger partial charge in [-0.2, -0.15) is 0 Å². The Morgan fingerprint density at radius 2 is 1.88 bits per heavy atom. The molecule has 0 aromatic heterocycles. The molecule has 0 saturated carbocycles. The van der Waals surface area contributed by atoms with E-state index in [0.29, 0.717) is 5.92 Å². The maximum Gasteiger partial charge on any atom is 0.0212 e. The minimum absolute atomic E-state index is 0.683. The van der Waals surface area contributed by atoms with Crippen LogP contribution in [0.2, 0.25) is 0 Å². The molecule has 0 amide bonds. The highest BCUT2D eigenvalue weighted by molar-refractivity contribution is 9.10. The van der Waals surface area contributed by atoms with Gasteiger partial charge in [-0.3, -0.25) is 0 Å². The Kier molecular flexibility index (Phi) is 6.83. The van der Waals surface area contributed by atoms with Crippen LogP contribution in [0.4, 0.5) is 0 Å². The van der Waals surface area contributed by atoms with Crippen molar-refractivity contribution in [1.82, 2.24) is 0 Å². The molecule has 0 radical (unpaired) electrons. The second-order valence-electron chi connectivity index (χ2n) is 4.62. The van der Waals surface area contributed by atoms with Crippen molar-refractivity contribution in [2.24, 2.45) is 5.73 Å². The summed E-state index contributed by atoms with van der Waals surface area (Å²) in [5.74, 6) is 0.683. The summed E-state index contributed by atoms with van der Waals surface area (Å²) in [5, 5.41) is 0. The quantitative estimate of drug-likeness (QED) is 0.729. The Bertz CT molecular complexity index is 332. The topological polar surface area (TPSA) is 26.0 Å². The summed E-state index contributed by atoms with van der Waals surface area (Å²) in [6.45, 7) is 5.32. The van der Waals surface area contributed by atoms with Crippen LogP contribution in [0.3, 0.4) is 0 Å². The van der Waals surface area contributed by atoms with Crippen LogP contribution in [-0.4, -0.2) is 6.54 Å². The Hall–Kier alpha value is -0.340. The highest BCUT2D eigenvalue weighted by atomic mass is 79.9. The molecule has 0 unspecified atom stereocenters. The fourth-order valence-electron chi connectivity index (χ4n) is 2.26. The number of rotatable bonds is 7. The van der Waals surface area contributed by atoms with E-state index in [4.69, 9.17) is 5.73 Å². The van der Waals surface area contributed by atoms with E-state index in [9.17, 15) is 0 Å². The van der Waals surface area contributed by atoms with Gasteiger partial charge in [-0.25, -0.2) is 0 Å². The molecule has 1 rings (SSSR count). The van der Waals surface area contributed by atoms with Gasteiger partial charge >= 0.3 is 0 Å². The lowest BCUT2D eigenvalue weighted by molar-refractivity contribution is 0.638. The van der Waals surface area contributed by atoms with Crippen molar-refractivity contribution in [2.75, 3.05) is 6.54 Å². The first-order valence-electron chi connectivity index (χ1n) is 6.71. The van der Waals surface area contributed by atoms with Gasteiger partial charge in [0.2, 0.25) is 0 Å². The van der Waals surface area contributed by atoms with Crippen LogP contribution in [0, 0.1) is 0 Å². The highest BCUT2D eigenvalue weighted by Gasteiger charge is 2.10. The number of hydrogen-bond acceptors (Lipinski definition) is 1. The third kappa shape index (κ3) is 4.44. The van der Waals surface area contributed by atoms with Crippen LogP contribution in [-0.2, 0) is 6.42 Å². The summed E-state index contributed by atoms with van der Waals surface area (Å²) < 4.78 is 1.27. The molecular formula is C15H24BrN. The molecule has 2 N–H and O–H groups in total. The molecule has 17 heavy (non-hydrogen) atoms. The average molecular weight is 298 g/mol. The van der Waals surface area contributed by atoms with Gasteiger partial charge in [0, 0.05) is 4.47 Å². The van der Waals surface area contributed by atoms with Crippen molar-refractivity contribution in [3.8, 4) is 0 Å². The van der Waals surface area contributed by atoms with E-state index in [1.54, 1.807) is 0 Å². The molecular weight excluding hydrogens is 274 g/mol. The van der Waals surface area contributed by atoms with Gasteiger partial charge in [0.1, 0.15) is 0 Å². The predicted molar refractivity (Wildman–Crippen MR) is 79.5 cm³/mol. The van der Waals surface area contributed by atoms with Crippen LogP contribution in [0.25, 0.3) is 0 Å². The van der Waals surface area contributed by atoms with Gasteiger partial charge in [-0.1, -0.05) is 41.9 Å². The van der Waals surface area contributed by atoms with Crippen molar-refractivity contribution in [3.05, 3.63) is 33.8 Å². The molecule has 0 bridgehead atoms. The van der Waals surface area contributed by atoms with Gasteiger partial charge in [0.15, 0.2) is 0 Å². The molecule has 1 aromatic rings. The molecule has 0 aliphatic heterocycles. The fourth-order valence-corrected chi connectivity index (χ4v) is 3.01. The molecule has 0 aliphatic rings. The molecule has 0 saturated heterocycles. The summed E-state index contributed by atoms with van der Waals surface area (Å²) in [4.78, 5) is 0. The van der Waals surface area contributed by atoms with E-state index >= 15 is 0 Å². The van der Waals surface area contributed by atoms with Crippen LogP contribution >= 0.6 is 15.9 Å². The standard InChI is InChI=1S/C15H24BrN/c1-3-13(4-2)14-9-8-12(11-15(14)16)7-5-6-10-17/h8-9,11,13H,3-7,10,17H2,1-2H3. The second-order valence-corrected chi connectivity index (χ2v) is 5.47. The number of hydrogen-bond donors (Lipinski definition) is 1. The third-order valence-electron chi connectivity index (χ3n) is 3.41. The van der Waals surface area contributed by atoms with Gasteiger partial charge in [0.25, 0.3) is 0 Å². The number of nitrogens with two attached hydrogens (primary N) is 1. The normalized spacial score (nSPS) is 11.1. The minimum Gasteiger partial charge on any atom is -0.330 e. The van der Waals surface area contributed by atoms with Crippen LogP contribution in [0.5, 0.6) is 0 Å². The van der Waals surface area contributed by atoms with Crippen molar-refractivity contribution in [3.63, 3.8) is 0 Å². The average Bonchev–Trinajstić information content (AvgIpc) is 2.33. The first-order chi connectivity index (χ1) is 8.22. The summed E-state index contributed by atoms with van der Waals surface area (Å²) in [5.41, 5.74) is 8.39. The van der Waals surface area contributed by atoms with E-state index < -0.39 is 0 Å². The zero-order chi connectivity index (χ0) is 12.7. The van der Waals surface area contributed by atoms with E-state index in [2.05, 4.69) is 48.0 Å². The molecule has 2 heteroatoms. The zero-order valence-electron chi connectivity index (χ0n) is 11.0. The number of halogens is 1. The minimum atomic E-state index is 0.683. The largest absolute Gasteiger partial charge is 0.330 e. The molecule has 96 valence electrons. The molecule has 0 atom stereocenters. The Labute approximate surface area is 114 Å². The Balaban J connectivity index is 2.71. The van der Waals surface area contributed by atoms with Crippen LogP contribution < -0.4 is 5.73 Å². The fraction of sp³-hybridized carbons (Fsp3) is 0.600. The van der Waals surface area contributed by atoms with Gasteiger partial charge in [-0.05, 0) is 61.8 Å². The van der Waals surface area contributed by atoms with Crippen molar-refractivity contribution < 1.29 is 0 Å². The molecule has 0 fully saturated rings.